The maximum Gasteiger partial charge on any atom is 0.320 e. The van der Waals surface area contributed by atoms with Crippen molar-refractivity contribution >= 4 is 36.2 Å². The van der Waals surface area contributed by atoms with Crippen molar-refractivity contribution in [3.05, 3.63) is 84.8 Å². The molecule has 1 aromatic heterocycles. The lowest BCUT2D eigenvalue weighted by atomic mass is 9.42. The van der Waals surface area contributed by atoms with Gasteiger partial charge in [0.05, 0.1) is 37.3 Å². The minimum absolute atomic E-state index is 0.00934. The fourth-order valence-corrected chi connectivity index (χ4v) is 15.8. The van der Waals surface area contributed by atoms with E-state index < -0.39 is 54.6 Å². The number of fused-ring (bicyclic) bond motifs is 5. The highest BCUT2D eigenvalue weighted by Gasteiger charge is 2.75. The Hall–Kier alpha value is -3.33. The molecular weight excluding hydrogens is 621 g/mol. The van der Waals surface area contributed by atoms with Crippen molar-refractivity contribution in [1.29, 1.82) is 0 Å². The first kappa shape index (κ1) is 33.2. The molecule has 1 heterocycles. The maximum absolute atomic E-state index is 14.7. The van der Waals surface area contributed by atoms with Crippen LogP contribution in [0.15, 0.2) is 83.7 Å². The molecule has 4 aliphatic carbocycles. The second-order valence-corrected chi connectivity index (χ2v) is 20.3. The molecule has 4 fully saturated rings. The molecular formula is C40H48O7Si. The van der Waals surface area contributed by atoms with Crippen molar-refractivity contribution in [2.75, 3.05) is 7.11 Å². The molecule has 8 atom stereocenters. The van der Waals surface area contributed by atoms with Crippen molar-refractivity contribution < 1.29 is 33.1 Å². The van der Waals surface area contributed by atoms with E-state index in [1.165, 1.54) is 7.11 Å². The quantitative estimate of drug-likeness (QED) is 0.196. The van der Waals surface area contributed by atoms with Crippen LogP contribution in [0.25, 0.3) is 0 Å². The van der Waals surface area contributed by atoms with E-state index in [1.807, 2.05) is 42.5 Å². The molecule has 48 heavy (non-hydrogen) atoms. The summed E-state index contributed by atoms with van der Waals surface area (Å²) in [5, 5.41) is 14.6. The maximum atomic E-state index is 14.7. The molecule has 0 spiro atoms. The minimum Gasteiger partial charge on any atom is -0.472 e. The van der Waals surface area contributed by atoms with Crippen LogP contribution in [0, 0.1) is 28.6 Å². The molecule has 7 nitrogen and oxygen atoms in total. The van der Waals surface area contributed by atoms with Crippen LogP contribution in [-0.2, 0) is 23.5 Å². The number of ether oxygens (including phenoxy) is 1. The van der Waals surface area contributed by atoms with Crippen molar-refractivity contribution in [3.8, 4) is 0 Å². The zero-order chi connectivity index (χ0) is 34.1. The van der Waals surface area contributed by atoms with Gasteiger partial charge in [0.2, 0.25) is 0 Å². The summed E-state index contributed by atoms with van der Waals surface area (Å²) in [4.78, 5) is 43.6. The van der Waals surface area contributed by atoms with Gasteiger partial charge in [0.25, 0.3) is 8.32 Å². The lowest BCUT2D eigenvalue weighted by Crippen LogP contribution is -2.73. The zero-order valence-corrected chi connectivity index (χ0v) is 29.7. The molecule has 0 bridgehead atoms. The van der Waals surface area contributed by atoms with Crippen molar-refractivity contribution in [1.82, 2.24) is 0 Å². The SMILES string of the molecule is COC(=O)[C@]12C(=O)CC[C@H](O[Si](c3ccccc3)(c3ccccc3)C(C)(C)C)[C@H]1CC(=O)[C@@H]1[C@@H]2CC[C@]2(C)[C@@H](c3ccoc3)CC[C@]12O. The molecule has 254 valence electrons. The number of benzene rings is 2. The highest BCUT2D eigenvalue weighted by Crippen LogP contribution is 2.70. The highest BCUT2D eigenvalue weighted by atomic mass is 28.4. The van der Waals surface area contributed by atoms with Crippen molar-refractivity contribution in [2.24, 2.45) is 28.6 Å². The van der Waals surface area contributed by atoms with Gasteiger partial charge in [-0.1, -0.05) is 88.4 Å². The molecule has 0 radical (unpaired) electrons. The summed E-state index contributed by atoms with van der Waals surface area (Å²) in [6.07, 6.45) is 5.57. The van der Waals surface area contributed by atoms with Gasteiger partial charge in [-0.2, -0.15) is 0 Å². The Morgan fingerprint density at radius 3 is 2.12 bits per heavy atom. The van der Waals surface area contributed by atoms with Crippen LogP contribution in [0.2, 0.25) is 5.04 Å². The number of Topliss-reactive ketones (excluding diaryl/α,β-unsaturated/α-hetero) is 2. The summed E-state index contributed by atoms with van der Waals surface area (Å²) in [6, 6.07) is 22.6. The van der Waals surface area contributed by atoms with Crippen LogP contribution < -0.4 is 10.4 Å². The normalized spacial score (nSPS) is 35.0. The van der Waals surface area contributed by atoms with Crippen LogP contribution in [0.4, 0.5) is 0 Å². The summed E-state index contributed by atoms with van der Waals surface area (Å²) < 4.78 is 18.6. The van der Waals surface area contributed by atoms with Crippen LogP contribution in [0.5, 0.6) is 0 Å². The molecule has 0 aliphatic heterocycles. The molecule has 0 saturated heterocycles. The Morgan fingerprint density at radius 1 is 0.917 bits per heavy atom. The second kappa shape index (κ2) is 11.6. The summed E-state index contributed by atoms with van der Waals surface area (Å²) in [6.45, 7) is 8.69. The topological polar surface area (TPSA) is 103 Å². The van der Waals surface area contributed by atoms with E-state index in [9.17, 15) is 19.5 Å². The van der Waals surface area contributed by atoms with Gasteiger partial charge < -0.3 is 18.7 Å². The van der Waals surface area contributed by atoms with Gasteiger partial charge in [-0.05, 0) is 71.0 Å². The number of furan rings is 1. The van der Waals surface area contributed by atoms with E-state index >= 15 is 0 Å². The predicted molar refractivity (Wildman–Crippen MR) is 184 cm³/mol. The number of carbonyl (C=O) groups excluding carboxylic acids is 3. The van der Waals surface area contributed by atoms with E-state index in [4.69, 9.17) is 13.6 Å². The average molecular weight is 669 g/mol. The molecule has 0 unspecified atom stereocenters. The van der Waals surface area contributed by atoms with Gasteiger partial charge >= 0.3 is 5.97 Å². The van der Waals surface area contributed by atoms with Gasteiger partial charge in [0.1, 0.15) is 11.2 Å². The molecule has 3 aromatic rings. The van der Waals surface area contributed by atoms with Gasteiger partial charge in [-0.15, -0.1) is 0 Å². The van der Waals surface area contributed by atoms with Crippen LogP contribution >= 0.6 is 0 Å². The number of methoxy groups -OCH3 is 1. The molecule has 4 saturated carbocycles. The Balaban J connectivity index is 1.36. The summed E-state index contributed by atoms with van der Waals surface area (Å²) in [5.41, 5.74) is -2.54. The zero-order valence-electron chi connectivity index (χ0n) is 28.7. The molecule has 8 heteroatoms. The summed E-state index contributed by atoms with van der Waals surface area (Å²) in [5.74, 6) is -3.05. The predicted octanol–water partition coefficient (Wildman–Crippen LogP) is 5.98. The number of rotatable bonds is 6. The van der Waals surface area contributed by atoms with E-state index in [2.05, 4.69) is 52.0 Å². The lowest BCUT2D eigenvalue weighted by molar-refractivity contribution is -0.215. The largest absolute Gasteiger partial charge is 0.472 e. The van der Waals surface area contributed by atoms with E-state index in [1.54, 1.807) is 12.5 Å². The van der Waals surface area contributed by atoms with Gasteiger partial charge in [-0.3, -0.25) is 14.4 Å². The first-order valence-corrected chi connectivity index (χ1v) is 19.4. The Morgan fingerprint density at radius 2 is 1.56 bits per heavy atom. The van der Waals surface area contributed by atoms with Gasteiger partial charge in [0, 0.05) is 24.2 Å². The number of aliphatic hydroxyl groups is 1. The van der Waals surface area contributed by atoms with Crippen LogP contribution in [0.3, 0.4) is 0 Å². The molecule has 2 aromatic carbocycles. The number of esters is 1. The minimum atomic E-state index is -3.10. The van der Waals surface area contributed by atoms with Crippen LogP contribution in [0.1, 0.15) is 84.1 Å². The fraction of sp³-hybridized carbons (Fsp3) is 0.525. The number of hydrogen-bond donors (Lipinski definition) is 1. The lowest BCUT2D eigenvalue weighted by Gasteiger charge is -2.62. The van der Waals surface area contributed by atoms with Crippen molar-refractivity contribution in [3.63, 3.8) is 0 Å². The first-order chi connectivity index (χ1) is 22.9. The molecule has 4 aliphatic rings. The van der Waals surface area contributed by atoms with E-state index in [-0.39, 0.29) is 35.4 Å². The monoisotopic (exact) mass is 668 g/mol. The third-order valence-corrected chi connectivity index (χ3v) is 18.2. The summed E-state index contributed by atoms with van der Waals surface area (Å²) in [7, 11) is -1.76. The standard InChI is InChI=1S/C40H48O7Si/c1-37(2,3)48(27-12-8-6-9-13-27,28-14-10-7-11-15-28)47-33-16-17-34(42)40(36(43)45-5)30-18-21-38(4)29(26-20-23-46-25-26)19-22-39(38,44)35(30)32(41)24-31(33)40/h6-15,20,23,25,29-31,33,35,44H,16-19,21-22,24H2,1-5H3/t29-,30+,31-,33+,35+,38-,39+,40+/m1/s1. The molecule has 1 N–H and O–H groups in total. The number of carbonyl (C=O) groups is 3. The third-order valence-electron chi connectivity index (χ3n) is 13.2. The van der Waals surface area contributed by atoms with Crippen LogP contribution in [-0.4, -0.2) is 49.8 Å². The molecule has 0 amide bonds. The smallest absolute Gasteiger partial charge is 0.320 e. The first-order valence-electron chi connectivity index (χ1n) is 17.5. The fourth-order valence-electron chi connectivity index (χ4n) is 11.1. The van der Waals surface area contributed by atoms with E-state index in [0.717, 1.165) is 15.9 Å². The Labute approximate surface area is 284 Å². The highest BCUT2D eigenvalue weighted by molar-refractivity contribution is 6.99. The third kappa shape index (κ3) is 4.41. The average Bonchev–Trinajstić information content (AvgIpc) is 3.70. The second-order valence-electron chi connectivity index (χ2n) is 16.0. The number of hydrogen-bond acceptors (Lipinski definition) is 7. The Kier molecular flexibility index (Phi) is 8.04. The number of ketones is 2. The van der Waals surface area contributed by atoms with E-state index in [0.29, 0.717) is 32.1 Å². The Bertz CT molecular complexity index is 1630. The van der Waals surface area contributed by atoms with Crippen molar-refractivity contribution in [2.45, 2.75) is 95.3 Å². The van der Waals surface area contributed by atoms with Gasteiger partial charge in [0.15, 0.2) is 5.78 Å². The molecule has 7 rings (SSSR count). The van der Waals surface area contributed by atoms with Gasteiger partial charge in [-0.25, -0.2) is 0 Å². The summed E-state index contributed by atoms with van der Waals surface area (Å²) >= 11 is 0.